The lowest BCUT2D eigenvalue weighted by atomic mass is 10.3. The van der Waals surface area contributed by atoms with Crippen molar-refractivity contribution in [2.75, 3.05) is 32.8 Å². The maximum absolute atomic E-state index is 12.3. The first-order chi connectivity index (χ1) is 12.0. The fourth-order valence-corrected chi connectivity index (χ4v) is 3.00. The number of piperazine rings is 1. The van der Waals surface area contributed by atoms with Crippen LogP contribution in [-0.4, -0.2) is 54.4 Å². The van der Waals surface area contributed by atoms with Crippen molar-refractivity contribution in [3.05, 3.63) is 52.4 Å². The van der Waals surface area contributed by atoms with Crippen LogP contribution in [0.3, 0.4) is 0 Å². The van der Waals surface area contributed by atoms with E-state index >= 15 is 0 Å². The number of carbonyl (C=O) groups excluding carboxylic acids is 2. The summed E-state index contributed by atoms with van der Waals surface area (Å²) in [7, 11) is 0. The van der Waals surface area contributed by atoms with Crippen LogP contribution in [0.1, 0.15) is 10.6 Å². The Morgan fingerprint density at radius 3 is 2.44 bits per heavy atom. The number of amides is 2. The van der Waals surface area contributed by atoms with E-state index in [2.05, 4.69) is 0 Å². The molecule has 2 amide bonds. The van der Waals surface area contributed by atoms with Gasteiger partial charge in [-0.15, -0.1) is 0 Å². The Bertz CT molecular complexity index is 756. The first kappa shape index (κ1) is 17.6. The molecule has 1 aromatic heterocycles. The summed E-state index contributed by atoms with van der Waals surface area (Å²) in [6, 6.07) is 8.13. The number of rotatable bonds is 4. The number of nitrogens with zero attached hydrogens (tertiary/aromatic N) is 2. The molecule has 0 unspecified atom stereocenters. The molecule has 0 spiro atoms. The van der Waals surface area contributed by atoms with Gasteiger partial charge in [-0.3, -0.25) is 9.59 Å². The number of hydrogen-bond donors (Lipinski definition) is 0. The van der Waals surface area contributed by atoms with Crippen molar-refractivity contribution in [1.29, 1.82) is 0 Å². The minimum absolute atomic E-state index is 0.118. The molecule has 8 heteroatoms. The summed E-state index contributed by atoms with van der Waals surface area (Å²) in [5, 5.41) is 0.857. The van der Waals surface area contributed by atoms with E-state index in [-0.39, 0.29) is 18.4 Å². The van der Waals surface area contributed by atoms with Crippen LogP contribution in [0.15, 0.2) is 41.0 Å². The molecular formula is C17H16Cl2N2O4. The monoisotopic (exact) mass is 382 g/mol. The average Bonchev–Trinajstić information content (AvgIpc) is 3.15. The van der Waals surface area contributed by atoms with Gasteiger partial charge in [0, 0.05) is 31.2 Å². The molecule has 1 aliphatic rings. The SMILES string of the molecule is O=C(COc1ccc(Cl)cc1Cl)N1CCN(C(=O)c2ccco2)CC1. The van der Waals surface area contributed by atoms with Crippen molar-refractivity contribution in [2.24, 2.45) is 0 Å². The lowest BCUT2D eigenvalue weighted by Gasteiger charge is -2.34. The topological polar surface area (TPSA) is 63.0 Å². The molecule has 1 fully saturated rings. The van der Waals surface area contributed by atoms with Crippen LogP contribution in [0.25, 0.3) is 0 Å². The van der Waals surface area contributed by atoms with Gasteiger partial charge in [-0.1, -0.05) is 23.2 Å². The molecule has 0 radical (unpaired) electrons. The van der Waals surface area contributed by atoms with E-state index in [0.717, 1.165) is 0 Å². The summed E-state index contributed by atoms with van der Waals surface area (Å²) < 4.78 is 10.6. The standard InChI is InChI=1S/C17H16Cl2N2O4/c18-12-3-4-14(13(19)10-12)25-11-16(22)20-5-7-21(8-6-20)17(23)15-2-1-9-24-15/h1-4,9-10H,5-8,11H2. The minimum Gasteiger partial charge on any atom is -0.482 e. The van der Waals surface area contributed by atoms with E-state index < -0.39 is 0 Å². The Morgan fingerprint density at radius 1 is 1.08 bits per heavy atom. The van der Waals surface area contributed by atoms with Gasteiger partial charge in [0.15, 0.2) is 12.4 Å². The van der Waals surface area contributed by atoms with Crippen molar-refractivity contribution in [2.45, 2.75) is 0 Å². The molecule has 1 aromatic carbocycles. The number of benzene rings is 1. The van der Waals surface area contributed by atoms with Crippen molar-refractivity contribution >= 4 is 35.0 Å². The van der Waals surface area contributed by atoms with Gasteiger partial charge in [0.2, 0.25) is 0 Å². The number of ether oxygens (including phenoxy) is 1. The molecule has 132 valence electrons. The van der Waals surface area contributed by atoms with Crippen molar-refractivity contribution in [3.8, 4) is 5.75 Å². The normalized spacial score (nSPS) is 14.5. The van der Waals surface area contributed by atoms with Crippen LogP contribution in [0.5, 0.6) is 5.75 Å². The number of halogens is 2. The molecule has 1 aliphatic heterocycles. The number of furan rings is 1. The predicted molar refractivity (Wildman–Crippen MR) is 93.1 cm³/mol. The Kier molecular flexibility index (Phi) is 5.50. The highest BCUT2D eigenvalue weighted by atomic mass is 35.5. The Morgan fingerprint density at radius 2 is 1.80 bits per heavy atom. The third kappa shape index (κ3) is 4.27. The fraction of sp³-hybridized carbons (Fsp3) is 0.294. The first-order valence-corrected chi connectivity index (χ1v) is 8.48. The summed E-state index contributed by atoms with van der Waals surface area (Å²) >= 11 is 11.8. The second-order valence-corrected chi connectivity index (χ2v) is 6.36. The molecule has 2 heterocycles. The van der Waals surface area contributed by atoms with Gasteiger partial charge in [-0.05, 0) is 30.3 Å². The van der Waals surface area contributed by atoms with Gasteiger partial charge in [0.1, 0.15) is 5.75 Å². The maximum Gasteiger partial charge on any atom is 0.289 e. The Balaban J connectivity index is 1.49. The summed E-state index contributed by atoms with van der Waals surface area (Å²) in [6.45, 7) is 1.68. The third-order valence-corrected chi connectivity index (χ3v) is 4.43. The smallest absolute Gasteiger partial charge is 0.289 e. The second-order valence-electron chi connectivity index (χ2n) is 5.51. The van der Waals surface area contributed by atoms with Crippen LogP contribution in [0, 0.1) is 0 Å². The quantitative estimate of drug-likeness (QED) is 0.815. The van der Waals surface area contributed by atoms with E-state index in [0.29, 0.717) is 47.7 Å². The maximum atomic E-state index is 12.3. The first-order valence-electron chi connectivity index (χ1n) is 7.73. The molecule has 0 N–H and O–H groups in total. The lowest BCUT2D eigenvalue weighted by molar-refractivity contribution is -0.134. The summed E-state index contributed by atoms with van der Waals surface area (Å²) in [4.78, 5) is 27.8. The molecule has 0 atom stereocenters. The third-order valence-electron chi connectivity index (χ3n) is 3.90. The van der Waals surface area contributed by atoms with Crippen molar-refractivity contribution < 1.29 is 18.7 Å². The molecular weight excluding hydrogens is 367 g/mol. The predicted octanol–water partition coefficient (Wildman–Crippen LogP) is 2.95. The molecule has 0 aliphatic carbocycles. The molecule has 0 saturated carbocycles. The van der Waals surface area contributed by atoms with Crippen LogP contribution in [0.2, 0.25) is 10.0 Å². The van der Waals surface area contributed by atoms with Crippen LogP contribution < -0.4 is 4.74 Å². The van der Waals surface area contributed by atoms with E-state index in [1.165, 1.54) is 6.26 Å². The summed E-state index contributed by atoms with van der Waals surface area (Å²) in [5.74, 6) is 0.393. The molecule has 1 saturated heterocycles. The zero-order valence-corrected chi connectivity index (χ0v) is 14.8. The Hall–Kier alpha value is -2.18. The number of hydrogen-bond acceptors (Lipinski definition) is 4. The minimum atomic E-state index is -0.165. The fourth-order valence-electron chi connectivity index (χ4n) is 2.54. The second kappa shape index (κ2) is 7.80. The van der Waals surface area contributed by atoms with E-state index in [4.69, 9.17) is 32.4 Å². The summed E-state index contributed by atoms with van der Waals surface area (Å²) in [5.41, 5.74) is 0. The lowest BCUT2D eigenvalue weighted by Crippen LogP contribution is -2.51. The van der Waals surface area contributed by atoms with E-state index in [1.807, 2.05) is 0 Å². The van der Waals surface area contributed by atoms with Crippen molar-refractivity contribution in [3.63, 3.8) is 0 Å². The zero-order chi connectivity index (χ0) is 17.8. The van der Waals surface area contributed by atoms with Gasteiger partial charge in [-0.25, -0.2) is 0 Å². The van der Waals surface area contributed by atoms with Crippen LogP contribution in [0.4, 0.5) is 0 Å². The molecule has 25 heavy (non-hydrogen) atoms. The molecule has 6 nitrogen and oxygen atoms in total. The van der Waals surface area contributed by atoms with E-state index in [1.54, 1.807) is 40.1 Å². The van der Waals surface area contributed by atoms with Crippen molar-refractivity contribution in [1.82, 2.24) is 9.80 Å². The van der Waals surface area contributed by atoms with Gasteiger partial charge in [0.05, 0.1) is 11.3 Å². The average molecular weight is 383 g/mol. The van der Waals surface area contributed by atoms with Gasteiger partial charge >= 0.3 is 0 Å². The number of carbonyl (C=O) groups is 2. The molecule has 2 aromatic rings. The van der Waals surface area contributed by atoms with Gasteiger partial charge in [-0.2, -0.15) is 0 Å². The van der Waals surface area contributed by atoms with Crippen LogP contribution >= 0.6 is 23.2 Å². The Labute approximate surface area is 154 Å². The van der Waals surface area contributed by atoms with Gasteiger partial charge in [0.25, 0.3) is 11.8 Å². The highest BCUT2D eigenvalue weighted by Crippen LogP contribution is 2.27. The van der Waals surface area contributed by atoms with E-state index in [9.17, 15) is 9.59 Å². The van der Waals surface area contributed by atoms with Gasteiger partial charge < -0.3 is 19.0 Å². The van der Waals surface area contributed by atoms with Crippen LogP contribution in [-0.2, 0) is 4.79 Å². The molecule has 3 rings (SSSR count). The largest absolute Gasteiger partial charge is 0.482 e. The zero-order valence-electron chi connectivity index (χ0n) is 13.3. The highest BCUT2D eigenvalue weighted by Gasteiger charge is 2.26. The molecule has 0 bridgehead atoms. The highest BCUT2D eigenvalue weighted by molar-refractivity contribution is 6.35. The summed E-state index contributed by atoms with van der Waals surface area (Å²) in [6.07, 6.45) is 1.46.